The van der Waals surface area contributed by atoms with E-state index in [1.54, 1.807) is 6.07 Å². The summed E-state index contributed by atoms with van der Waals surface area (Å²) in [5, 5.41) is 0. The fraction of sp³-hybridized carbons (Fsp3) is 0.200. The van der Waals surface area contributed by atoms with Gasteiger partial charge >= 0.3 is 6.36 Å². The molecule has 0 saturated heterocycles. The van der Waals surface area contributed by atoms with Crippen LogP contribution >= 0.6 is 22.6 Å². The highest BCUT2D eigenvalue weighted by molar-refractivity contribution is 14.1. The van der Waals surface area contributed by atoms with Gasteiger partial charge in [0.15, 0.2) is 0 Å². The van der Waals surface area contributed by atoms with Crippen molar-refractivity contribution in [1.82, 2.24) is 0 Å². The van der Waals surface area contributed by atoms with Gasteiger partial charge in [0.25, 0.3) is 0 Å². The van der Waals surface area contributed by atoms with Crippen LogP contribution in [0.3, 0.4) is 0 Å². The Morgan fingerprint density at radius 1 is 1.05 bits per heavy atom. The van der Waals surface area contributed by atoms with E-state index in [1.807, 2.05) is 53.8 Å². The summed E-state index contributed by atoms with van der Waals surface area (Å²) in [6, 6.07) is 11.7. The molecule has 0 unspecified atom stereocenters. The molecule has 0 aromatic heterocycles. The molecule has 2 aromatic carbocycles. The standard InChI is InChI=1S/C15H12F3IO2/c1-2-20-11-5-3-4-10(8-11)13-7-6-12(9-14(13)19)21-15(16,17)18/h3-9H,2H2,1H3. The van der Waals surface area contributed by atoms with Gasteiger partial charge in [-0.15, -0.1) is 13.2 Å². The molecule has 21 heavy (non-hydrogen) atoms. The summed E-state index contributed by atoms with van der Waals surface area (Å²) in [6.45, 7) is 2.44. The molecule has 0 aliphatic carbocycles. The van der Waals surface area contributed by atoms with Crippen molar-refractivity contribution in [2.45, 2.75) is 13.3 Å². The maximum Gasteiger partial charge on any atom is 0.573 e. The first-order valence-electron chi connectivity index (χ1n) is 6.17. The van der Waals surface area contributed by atoms with Gasteiger partial charge in [0.05, 0.1) is 6.61 Å². The zero-order valence-corrected chi connectivity index (χ0v) is 13.2. The van der Waals surface area contributed by atoms with Crippen LogP contribution in [0, 0.1) is 3.57 Å². The normalized spacial score (nSPS) is 11.3. The Balaban J connectivity index is 2.30. The van der Waals surface area contributed by atoms with E-state index in [0.29, 0.717) is 10.2 Å². The molecule has 0 saturated carbocycles. The minimum atomic E-state index is -4.68. The zero-order chi connectivity index (χ0) is 15.5. The van der Waals surface area contributed by atoms with Crippen LogP contribution < -0.4 is 9.47 Å². The van der Waals surface area contributed by atoms with E-state index in [2.05, 4.69) is 4.74 Å². The lowest BCUT2D eigenvalue weighted by Crippen LogP contribution is -2.17. The predicted octanol–water partition coefficient (Wildman–Crippen LogP) is 5.26. The number of hydrogen-bond donors (Lipinski definition) is 0. The fourth-order valence-electron chi connectivity index (χ4n) is 1.85. The first-order valence-corrected chi connectivity index (χ1v) is 7.25. The minimum Gasteiger partial charge on any atom is -0.494 e. The van der Waals surface area contributed by atoms with Crippen LogP contribution in [0.15, 0.2) is 42.5 Å². The molecule has 0 fully saturated rings. The van der Waals surface area contributed by atoms with E-state index in [1.165, 1.54) is 12.1 Å². The van der Waals surface area contributed by atoms with Crippen molar-refractivity contribution in [3.63, 3.8) is 0 Å². The van der Waals surface area contributed by atoms with Gasteiger partial charge in [-0.2, -0.15) is 0 Å². The third-order valence-corrected chi connectivity index (χ3v) is 3.52. The van der Waals surface area contributed by atoms with E-state index in [-0.39, 0.29) is 5.75 Å². The molecular weight excluding hydrogens is 396 g/mol. The lowest BCUT2D eigenvalue weighted by molar-refractivity contribution is -0.274. The van der Waals surface area contributed by atoms with Crippen LogP contribution in [-0.2, 0) is 0 Å². The van der Waals surface area contributed by atoms with Crippen molar-refractivity contribution in [1.29, 1.82) is 0 Å². The summed E-state index contributed by atoms with van der Waals surface area (Å²) in [4.78, 5) is 0. The van der Waals surface area contributed by atoms with E-state index < -0.39 is 6.36 Å². The fourth-order valence-corrected chi connectivity index (χ4v) is 2.65. The lowest BCUT2D eigenvalue weighted by Gasteiger charge is -2.12. The first kappa shape index (κ1) is 15.9. The monoisotopic (exact) mass is 408 g/mol. The van der Waals surface area contributed by atoms with Crippen molar-refractivity contribution in [2.24, 2.45) is 0 Å². The van der Waals surface area contributed by atoms with E-state index in [4.69, 9.17) is 4.74 Å². The van der Waals surface area contributed by atoms with Crippen LogP contribution in [0.5, 0.6) is 11.5 Å². The molecule has 0 spiro atoms. The lowest BCUT2D eigenvalue weighted by atomic mass is 10.1. The van der Waals surface area contributed by atoms with Gasteiger partial charge in [-0.3, -0.25) is 0 Å². The highest BCUT2D eigenvalue weighted by Gasteiger charge is 2.31. The molecule has 0 aliphatic rings. The Labute approximate surface area is 134 Å². The largest absolute Gasteiger partial charge is 0.573 e. The predicted molar refractivity (Wildman–Crippen MR) is 82.4 cm³/mol. The highest BCUT2D eigenvalue weighted by atomic mass is 127. The molecule has 0 aliphatic heterocycles. The van der Waals surface area contributed by atoms with Gasteiger partial charge in [0.1, 0.15) is 11.5 Å². The molecule has 2 rings (SSSR count). The third kappa shape index (κ3) is 4.52. The number of halogens is 4. The molecule has 2 aromatic rings. The van der Waals surface area contributed by atoms with Gasteiger partial charge in [-0.25, -0.2) is 0 Å². The van der Waals surface area contributed by atoms with Crippen molar-refractivity contribution >= 4 is 22.6 Å². The van der Waals surface area contributed by atoms with Crippen LogP contribution in [0.2, 0.25) is 0 Å². The van der Waals surface area contributed by atoms with Crippen molar-refractivity contribution in [2.75, 3.05) is 6.61 Å². The summed E-state index contributed by atoms with van der Waals surface area (Å²) < 4.78 is 46.6. The van der Waals surface area contributed by atoms with Crippen LogP contribution in [0.4, 0.5) is 13.2 Å². The summed E-state index contributed by atoms with van der Waals surface area (Å²) in [7, 11) is 0. The SMILES string of the molecule is CCOc1cccc(-c2ccc(OC(F)(F)F)cc2I)c1. The molecule has 112 valence electrons. The van der Waals surface area contributed by atoms with Crippen molar-refractivity contribution in [3.05, 3.63) is 46.0 Å². The Bertz CT molecular complexity index is 627. The molecule has 0 atom stereocenters. The molecular formula is C15H12F3IO2. The summed E-state index contributed by atoms with van der Waals surface area (Å²) in [6.07, 6.45) is -4.68. The first-order chi connectivity index (χ1) is 9.89. The average molecular weight is 408 g/mol. The molecule has 0 bridgehead atoms. The van der Waals surface area contributed by atoms with Gasteiger partial charge in [-0.05, 0) is 71.0 Å². The second-order valence-corrected chi connectivity index (χ2v) is 5.31. The van der Waals surface area contributed by atoms with Crippen molar-refractivity contribution < 1.29 is 22.6 Å². The number of rotatable bonds is 4. The van der Waals surface area contributed by atoms with E-state index >= 15 is 0 Å². The van der Waals surface area contributed by atoms with Gasteiger partial charge in [0, 0.05) is 3.57 Å². The van der Waals surface area contributed by atoms with Crippen LogP contribution in [0.1, 0.15) is 6.92 Å². The summed E-state index contributed by atoms with van der Waals surface area (Å²) in [5.41, 5.74) is 1.70. The topological polar surface area (TPSA) is 18.5 Å². The quantitative estimate of drug-likeness (QED) is 0.644. The number of benzene rings is 2. The number of hydrogen-bond acceptors (Lipinski definition) is 2. The zero-order valence-electron chi connectivity index (χ0n) is 11.1. The maximum absolute atomic E-state index is 12.2. The van der Waals surface area contributed by atoms with E-state index in [9.17, 15) is 13.2 Å². The summed E-state index contributed by atoms with van der Waals surface area (Å²) >= 11 is 1.99. The smallest absolute Gasteiger partial charge is 0.494 e. The van der Waals surface area contributed by atoms with E-state index in [0.717, 1.165) is 16.9 Å². The maximum atomic E-state index is 12.2. The van der Waals surface area contributed by atoms with Gasteiger partial charge in [0.2, 0.25) is 0 Å². The number of ether oxygens (including phenoxy) is 2. The Morgan fingerprint density at radius 2 is 1.81 bits per heavy atom. The van der Waals surface area contributed by atoms with Crippen LogP contribution in [-0.4, -0.2) is 13.0 Å². The molecule has 0 N–H and O–H groups in total. The average Bonchev–Trinajstić information content (AvgIpc) is 2.37. The Kier molecular flexibility index (Phi) is 4.97. The molecule has 6 heteroatoms. The second-order valence-electron chi connectivity index (χ2n) is 4.15. The van der Waals surface area contributed by atoms with Gasteiger partial charge < -0.3 is 9.47 Å². The van der Waals surface area contributed by atoms with Gasteiger partial charge in [-0.1, -0.05) is 12.1 Å². The third-order valence-electron chi connectivity index (χ3n) is 2.63. The van der Waals surface area contributed by atoms with Crippen LogP contribution in [0.25, 0.3) is 11.1 Å². The molecule has 2 nitrogen and oxygen atoms in total. The summed E-state index contributed by atoms with van der Waals surface area (Å²) in [5.74, 6) is 0.498. The molecule has 0 amide bonds. The van der Waals surface area contributed by atoms with Crippen molar-refractivity contribution in [3.8, 4) is 22.6 Å². The molecule has 0 radical (unpaired) electrons. The minimum absolute atomic E-state index is 0.225. The second kappa shape index (κ2) is 6.55. The molecule has 0 heterocycles. The number of alkyl halides is 3. The highest BCUT2D eigenvalue weighted by Crippen LogP contribution is 2.32. The Hall–Kier alpha value is -1.44. The Morgan fingerprint density at radius 3 is 2.43 bits per heavy atom.